The zero-order valence-corrected chi connectivity index (χ0v) is 20.7. The van der Waals surface area contributed by atoms with Gasteiger partial charge < -0.3 is 19.9 Å². The lowest BCUT2D eigenvalue weighted by atomic mass is 10.2. The smallest absolute Gasteiger partial charge is 0.409 e. The van der Waals surface area contributed by atoms with Crippen molar-refractivity contribution < 1.29 is 19.1 Å². The summed E-state index contributed by atoms with van der Waals surface area (Å²) in [7, 11) is 0. The number of ether oxygens (including phenoxy) is 1. The summed E-state index contributed by atoms with van der Waals surface area (Å²) in [5.41, 5.74) is 1.48. The highest BCUT2D eigenvalue weighted by molar-refractivity contribution is 7.98. The second-order valence-electron chi connectivity index (χ2n) is 7.60. The second kappa shape index (κ2) is 10.9. The first-order chi connectivity index (χ1) is 15.7. The van der Waals surface area contributed by atoms with Crippen molar-refractivity contribution >= 4 is 47.0 Å². The summed E-state index contributed by atoms with van der Waals surface area (Å²) in [4.78, 5) is 41.9. The average molecular weight is 494 g/mol. The molecular weight excluding hydrogens is 466 g/mol. The minimum atomic E-state index is -0.563. The molecule has 1 aromatic carbocycles. The van der Waals surface area contributed by atoms with Crippen LogP contribution in [-0.2, 0) is 9.53 Å². The third-order valence-electron chi connectivity index (χ3n) is 5.45. The van der Waals surface area contributed by atoms with E-state index in [1.165, 1.54) is 11.8 Å². The van der Waals surface area contributed by atoms with E-state index in [0.29, 0.717) is 54.8 Å². The van der Waals surface area contributed by atoms with E-state index < -0.39 is 6.04 Å². The molecule has 1 aromatic heterocycles. The number of nitrogens with zero attached hydrogens (tertiary/aromatic N) is 4. The van der Waals surface area contributed by atoms with E-state index in [4.69, 9.17) is 16.3 Å². The van der Waals surface area contributed by atoms with E-state index in [1.807, 2.05) is 12.3 Å². The van der Waals surface area contributed by atoms with E-state index in [0.717, 1.165) is 4.90 Å². The number of hydrogen-bond donors (Lipinski definition) is 1. The number of anilines is 1. The van der Waals surface area contributed by atoms with Gasteiger partial charge in [0.25, 0.3) is 5.91 Å². The van der Waals surface area contributed by atoms with Crippen LogP contribution in [0, 0.1) is 6.92 Å². The van der Waals surface area contributed by atoms with Gasteiger partial charge in [-0.2, -0.15) is 5.10 Å². The first kappa shape index (κ1) is 24.9. The van der Waals surface area contributed by atoms with Gasteiger partial charge in [-0.15, -0.1) is 11.8 Å². The number of aryl methyl sites for hydroxylation is 1. The van der Waals surface area contributed by atoms with Crippen molar-refractivity contribution in [3.05, 3.63) is 40.7 Å². The minimum absolute atomic E-state index is 0.102. The molecule has 2 heterocycles. The number of carbonyl (C=O) groups is 3. The van der Waals surface area contributed by atoms with Crippen molar-refractivity contribution in [2.45, 2.75) is 31.7 Å². The van der Waals surface area contributed by atoms with Gasteiger partial charge in [-0.1, -0.05) is 11.6 Å². The van der Waals surface area contributed by atoms with Crippen molar-refractivity contribution in [2.24, 2.45) is 0 Å². The molecule has 0 radical (unpaired) electrons. The standard InChI is InChI=1S/C22H28ClN5O4S/c1-5-32-22(31)27-10-8-26(9-11-27)21(30)15(3)28-13-19(14(2)25-28)24-20(29)17-12-16(33-4)6-7-18(17)23/h6-7,12-13,15H,5,8-11H2,1-4H3,(H,24,29). The SMILES string of the molecule is CCOC(=O)N1CCN(C(=O)C(C)n2cc(NC(=O)c3cc(SC)ccc3Cl)c(C)n2)CC1. The van der Waals surface area contributed by atoms with E-state index in [-0.39, 0.29) is 17.9 Å². The number of piperazine rings is 1. The number of carbonyl (C=O) groups excluding carboxylic acids is 3. The van der Waals surface area contributed by atoms with Crippen molar-refractivity contribution in [2.75, 3.05) is 44.4 Å². The van der Waals surface area contributed by atoms with Crippen LogP contribution < -0.4 is 5.32 Å². The van der Waals surface area contributed by atoms with Gasteiger partial charge in [0.2, 0.25) is 5.91 Å². The number of nitrogens with one attached hydrogen (secondary N) is 1. The van der Waals surface area contributed by atoms with Gasteiger partial charge in [-0.25, -0.2) is 4.79 Å². The predicted molar refractivity (Wildman–Crippen MR) is 128 cm³/mol. The number of hydrogen-bond acceptors (Lipinski definition) is 6. The van der Waals surface area contributed by atoms with Crippen LogP contribution in [-0.4, -0.2) is 76.5 Å². The first-order valence-corrected chi connectivity index (χ1v) is 12.3. The Morgan fingerprint density at radius 3 is 2.52 bits per heavy atom. The zero-order valence-electron chi connectivity index (χ0n) is 19.1. The predicted octanol–water partition coefficient (Wildman–Crippen LogP) is 3.68. The number of rotatable bonds is 6. The summed E-state index contributed by atoms with van der Waals surface area (Å²) in [6, 6.07) is 4.73. The third-order valence-corrected chi connectivity index (χ3v) is 6.51. The second-order valence-corrected chi connectivity index (χ2v) is 8.88. The van der Waals surface area contributed by atoms with E-state index in [2.05, 4.69) is 10.4 Å². The molecule has 1 N–H and O–H groups in total. The Hall–Kier alpha value is -2.72. The Kier molecular flexibility index (Phi) is 8.25. The fourth-order valence-corrected chi connectivity index (χ4v) is 4.14. The van der Waals surface area contributed by atoms with Crippen LogP contribution in [0.2, 0.25) is 5.02 Å². The molecule has 0 aliphatic carbocycles. The van der Waals surface area contributed by atoms with Gasteiger partial charge in [0.15, 0.2) is 0 Å². The zero-order chi connectivity index (χ0) is 24.1. The van der Waals surface area contributed by atoms with Crippen LogP contribution >= 0.6 is 23.4 Å². The Bertz CT molecular complexity index is 1040. The maximum atomic E-state index is 13.0. The van der Waals surface area contributed by atoms with Crippen LogP contribution in [0.4, 0.5) is 10.5 Å². The summed E-state index contributed by atoms with van der Waals surface area (Å²) >= 11 is 7.73. The molecule has 3 amide bonds. The molecule has 3 rings (SSSR count). The van der Waals surface area contributed by atoms with Crippen LogP contribution in [0.3, 0.4) is 0 Å². The highest BCUT2D eigenvalue weighted by Gasteiger charge is 2.29. The largest absolute Gasteiger partial charge is 0.450 e. The van der Waals surface area contributed by atoms with Gasteiger partial charge in [0, 0.05) is 37.3 Å². The van der Waals surface area contributed by atoms with Crippen LogP contribution in [0.25, 0.3) is 0 Å². The van der Waals surface area contributed by atoms with Crippen molar-refractivity contribution in [3.8, 4) is 0 Å². The van der Waals surface area contributed by atoms with Crippen LogP contribution in [0.5, 0.6) is 0 Å². The summed E-state index contributed by atoms with van der Waals surface area (Å²) in [5, 5.41) is 7.64. The Balaban J connectivity index is 1.65. The van der Waals surface area contributed by atoms with E-state index in [9.17, 15) is 14.4 Å². The molecule has 1 aliphatic heterocycles. The fraction of sp³-hybridized carbons (Fsp3) is 0.455. The molecule has 1 unspecified atom stereocenters. The molecule has 0 saturated carbocycles. The molecule has 1 aliphatic rings. The number of thioether (sulfide) groups is 1. The average Bonchev–Trinajstić information content (AvgIpc) is 3.18. The summed E-state index contributed by atoms with van der Waals surface area (Å²) in [5.74, 6) is -0.442. The van der Waals surface area contributed by atoms with Gasteiger partial charge in [-0.3, -0.25) is 14.3 Å². The normalized spacial score (nSPS) is 14.7. The molecule has 1 atom stereocenters. The molecule has 33 heavy (non-hydrogen) atoms. The fourth-order valence-electron chi connectivity index (χ4n) is 3.50. The number of benzene rings is 1. The Morgan fingerprint density at radius 1 is 1.21 bits per heavy atom. The Labute approximate surface area is 202 Å². The maximum absolute atomic E-state index is 13.0. The topological polar surface area (TPSA) is 96.8 Å². The molecule has 1 saturated heterocycles. The summed E-state index contributed by atoms with van der Waals surface area (Å²) < 4.78 is 6.57. The number of amides is 3. The van der Waals surface area contributed by atoms with Crippen molar-refractivity contribution in [1.29, 1.82) is 0 Å². The lowest BCUT2D eigenvalue weighted by Gasteiger charge is -2.35. The summed E-state index contributed by atoms with van der Waals surface area (Å²) in [6.07, 6.45) is 3.22. The molecule has 11 heteroatoms. The van der Waals surface area contributed by atoms with Gasteiger partial charge in [-0.05, 0) is 45.2 Å². The summed E-state index contributed by atoms with van der Waals surface area (Å²) in [6.45, 7) is 7.31. The number of halogens is 1. The monoisotopic (exact) mass is 493 g/mol. The van der Waals surface area contributed by atoms with E-state index in [1.54, 1.807) is 53.6 Å². The van der Waals surface area contributed by atoms with Gasteiger partial charge in [0.1, 0.15) is 6.04 Å². The van der Waals surface area contributed by atoms with Crippen molar-refractivity contribution in [3.63, 3.8) is 0 Å². The van der Waals surface area contributed by atoms with Crippen LogP contribution in [0.15, 0.2) is 29.3 Å². The minimum Gasteiger partial charge on any atom is -0.450 e. The molecule has 0 bridgehead atoms. The highest BCUT2D eigenvalue weighted by atomic mass is 35.5. The van der Waals surface area contributed by atoms with Gasteiger partial charge >= 0.3 is 6.09 Å². The third kappa shape index (κ3) is 5.80. The quantitative estimate of drug-likeness (QED) is 0.616. The molecule has 2 aromatic rings. The first-order valence-electron chi connectivity index (χ1n) is 10.7. The van der Waals surface area contributed by atoms with E-state index >= 15 is 0 Å². The van der Waals surface area contributed by atoms with Crippen LogP contribution in [0.1, 0.15) is 35.9 Å². The Morgan fingerprint density at radius 2 is 1.88 bits per heavy atom. The lowest BCUT2D eigenvalue weighted by Crippen LogP contribution is -2.52. The molecule has 0 spiro atoms. The highest BCUT2D eigenvalue weighted by Crippen LogP contribution is 2.25. The number of aromatic nitrogens is 2. The molecule has 178 valence electrons. The molecule has 9 nitrogen and oxygen atoms in total. The van der Waals surface area contributed by atoms with Gasteiger partial charge in [0.05, 0.1) is 28.6 Å². The molecular formula is C22H28ClN5O4S. The van der Waals surface area contributed by atoms with Crippen molar-refractivity contribution in [1.82, 2.24) is 19.6 Å². The molecule has 1 fully saturated rings. The maximum Gasteiger partial charge on any atom is 0.409 e. The lowest BCUT2D eigenvalue weighted by molar-refractivity contribution is -0.136.